The number of phenols is 1. The molecule has 1 rings (SSSR count). The van der Waals surface area contributed by atoms with Crippen molar-refractivity contribution < 1.29 is 14.6 Å². The summed E-state index contributed by atoms with van der Waals surface area (Å²) < 4.78 is 5.27. The summed E-state index contributed by atoms with van der Waals surface area (Å²) in [5, 5.41) is 9.25. The third kappa shape index (κ3) is 3.98. The Bertz CT molecular complexity index is 402. The normalized spacial score (nSPS) is 12.5. The Morgan fingerprint density at radius 3 is 2.59 bits per heavy atom. The first kappa shape index (κ1) is 13.4. The first-order chi connectivity index (χ1) is 7.90. The van der Waals surface area contributed by atoms with Crippen LogP contribution in [0.2, 0.25) is 0 Å². The van der Waals surface area contributed by atoms with Crippen molar-refractivity contribution in [3.05, 3.63) is 23.8 Å². The van der Waals surface area contributed by atoms with Crippen LogP contribution < -0.4 is 5.73 Å². The molecular weight excluding hydrogens is 218 g/mol. The van der Waals surface area contributed by atoms with E-state index in [1.165, 1.54) is 18.2 Å². The Hall–Kier alpha value is -1.71. The lowest BCUT2D eigenvalue weighted by Gasteiger charge is -2.15. The van der Waals surface area contributed by atoms with Gasteiger partial charge in [-0.1, -0.05) is 13.8 Å². The van der Waals surface area contributed by atoms with Crippen molar-refractivity contribution in [3.63, 3.8) is 0 Å². The zero-order valence-corrected chi connectivity index (χ0v) is 10.4. The van der Waals surface area contributed by atoms with Crippen molar-refractivity contribution in [1.82, 2.24) is 0 Å². The molecular formula is C13H19NO3. The van der Waals surface area contributed by atoms with Gasteiger partial charge in [-0.3, -0.25) is 0 Å². The standard InChI is InChI=1S/C13H19NO3/c1-8(2)6-9(3)17-13(16)10-4-5-12(15)11(14)7-10/h4-5,7-9,15H,6,14H2,1-3H3. The molecule has 0 spiro atoms. The van der Waals surface area contributed by atoms with Crippen LogP contribution in [0.15, 0.2) is 18.2 Å². The zero-order chi connectivity index (χ0) is 13.0. The molecule has 0 fully saturated rings. The van der Waals surface area contributed by atoms with E-state index >= 15 is 0 Å². The Labute approximate surface area is 101 Å². The Morgan fingerprint density at radius 2 is 2.06 bits per heavy atom. The summed E-state index contributed by atoms with van der Waals surface area (Å²) in [4.78, 5) is 11.7. The lowest BCUT2D eigenvalue weighted by Crippen LogP contribution is -2.17. The third-order valence-electron chi connectivity index (χ3n) is 2.37. The predicted octanol–water partition coefficient (Wildman–Crippen LogP) is 2.57. The number of ether oxygens (including phenoxy) is 1. The van der Waals surface area contributed by atoms with Gasteiger partial charge in [0.1, 0.15) is 5.75 Å². The van der Waals surface area contributed by atoms with Crippen molar-refractivity contribution in [2.24, 2.45) is 5.92 Å². The number of nitrogens with two attached hydrogens (primary N) is 1. The number of carbonyl (C=O) groups excluding carboxylic acids is 1. The molecule has 1 aromatic carbocycles. The molecule has 0 aliphatic rings. The van der Waals surface area contributed by atoms with Crippen LogP contribution >= 0.6 is 0 Å². The van der Waals surface area contributed by atoms with Crippen LogP contribution in [-0.2, 0) is 4.74 Å². The van der Waals surface area contributed by atoms with Crippen LogP contribution in [-0.4, -0.2) is 17.2 Å². The molecule has 1 aromatic rings. The molecule has 0 aromatic heterocycles. The van der Waals surface area contributed by atoms with Gasteiger partial charge in [-0.15, -0.1) is 0 Å². The zero-order valence-electron chi connectivity index (χ0n) is 10.4. The Balaban J connectivity index is 2.66. The molecule has 0 radical (unpaired) electrons. The molecule has 0 bridgehead atoms. The van der Waals surface area contributed by atoms with E-state index in [4.69, 9.17) is 10.5 Å². The fourth-order valence-corrected chi connectivity index (χ4v) is 1.64. The number of rotatable bonds is 4. The Morgan fingerprint density at radius 1 is 1.41 bits per heavy atom. The minimum absolute atomic E-state index is 0.0308. The molecule has 0 aliphatic heterocycles. The van der Waals surface area contributed by atoms with E-state index in [9.17, 15) is 9.90 Å². The molecule has 0 saturated heterocycles. The van der Waals surface area contributed by atoms with Crippen LogP contribution in [0.25, 0.3) is 0 Å². The number of aromatic hydroxyl groups is 1. The molecule has 94 valence electrons. The fraction of sp³-hybridized carbons (Fsp3) is 0.462. The monoisotopic (exact) mass is 237 g/mol. The minimum atomic E-state index is -0.412. The van der Waals surface area contributed by atoms with Crippen LogP contribution in [0.4, 0.5) is 5.69 Å². The average molecular weight is 237 g/mol. The van der Waals surface area contributed by atoms with Gasteiger partial charge in [-0.25, -0.2) is 4.79 Å². The quantitative estimate of drug-likeness (QED) is 0.479. The van der Waals surface area contributed by atoms with E-state index in [0.717, 1.165) is 6.42 Å². The highest BCUT2D eigenvalue weighted by molar-refractivity contribution is 5.91. The number of hydrogen-bond donors (Lipinski definition) is 2. The Kier molecular flexibility index (Phi) is 4.37. The van der Waals surface area contributed by atoms with Crippen molar-refractivity contribution >= 4 is 11.7 Å². The largest absolute Gasteiger partial charge is 0.506 e. The van der Waals surface area contributed by atoms with Gasteiger partial charge < -0.3 is 15.6 Å². The van der Waals surface area contributed by atoms with E-state index in [2.05, 4.69) is 13.8 Å². The van der Waals surface area contributed by atoms with Crippen LogP contribution in [0.3, 0.4) is 0 Å². The maximum atomic E-state index is 11.7. The highest BCUT2D eigenvalue weighted by Gasteiger charge is 2.14. The first-order valence-electron chi connectivity index (χ1n) is 5.69. The number of nitrogen functional groups attached to an aromatic ring is 1. The second-order valence-corrected chi connectivity index (χ2v) is 4.62. The molecule has 0 amide bonds. The molecule has 3 N–H and O–H groups in total. The van der Waals surface area contributed by atoms with Gasteiger partial charge >= 0.3 is 5.97 Å². The maximum Gasteiger partial charge on any atom is 0.338 e. The molecule has 1 unspecified atom stereocenters. The van der Waals surface area contributed by atoms with Crippen LogP contribution in [0, 0.1) is 5.92 Å². The summed E-state index contributed by atoms with van der Waals surface area (Å²) in [6.07, 6.45) is 0.691. The van der Waals surface area contributed by atoms with Gasteiger partial charge in [-0.2, -0.15) is 0 Å². The van der Waals surface area contributed by atoms with E-state index < -0.39 is 5.97 Å². The molecule has 0 aliphatic carbocycles. The van der Waals surface area contributed by atoms with E-state index in [0.29, 0.717) is 11.5 Å². The summed E-state index contributed by atoms with van der Waals surface area (Å²) in [5.74, 6) is 0.0318. The fourth-order valence-electron chi connectivity index (χ4n) is 1.64. The smallest absolute Gasteiger partial charge is 0.338 e. The second-order valence-electron chi connectivity index (χ2n) is 4.62. The first-order valence-corrected chi connectivity index (χ1v) is 5.69. The highest BCUT2D eigenvalue weighted by Crippen LogP contribution is 2.21. The molecule has 0 saturated carbocycles. The van der Waals surface area contributed by atoms with Crippen molar-refractivity contribution in [2.45, 2.75) is 33.3 Å². The van der Waals surface area contributed by atoms with Gasteiger partial charge in [0.15, 0.2) is 0 Å². The number of esters is 1. The molecule has 1 atom stereocenters. The lowest BCUT2D eigenvalue weighted by atomic mass is 10.1. The number of carbonyl (C=O) groups is 1. The summed E-state index contributed by atoms with van der Waals surface area (Å²) in [6.45, 7) is 6.01. The third-order valence-corrected chi connectivity index (χ3v) is 2.37. The summed E-state index contributed by atoms with van der Waals surface area (Å²) in [7, 11) is 0. The molecule has 4 heteroatoms. The number of benzene rings is 1. The molecule has 0 heterocycles. The van der Waals surface area contributed by atoms with Crippen molar-refractivity contribution in [3.8, 4) is 5.75 Å². The topological polar surface area (TPSA) is 72.5 Å². The van der Waals surface area contributed by atoms with Crippen molar-refractivity contribution in [2.75, 3.05) is 5.73 Å². The minimum Gasteiger partial charge on any atom is -0.506 e. The second kappa shape index (κ2) is 5.57. The van der Waals surface area contributed by atoms with E-state index in [-0.39, 0.29) is 17.5 Å². The van der Waals surface area contributed by atoms with Gasteiger partial charge in [0, 0.05) is 0 Å². The average Bonchev–Trinajstić information content (AvgIpc) is 2.20. The molecule has 4 nitrogen and oxygen atoms in total. The van der Waals surface area contributed by atoms with Gasteiger partial charge in [0.25, 0.3) is 0 Å². The predicted molar refractivity (Wildman–Crippen MR) is 66.9 cm³/mol. The highest BCUT2D eigenvalue weighted by atomic mass is 16.5. The van der Waals surface area contributed by atoms with Gasteiger partial charge in [-0.05, 0) is 37.5 Å². The SMILES string of the molecule is CC(C)CC(C)OC(=O)c1ccc(O)c(N)c1. The van der Waals surface area contributed by atoms with Crippen LogP contribution in [0.5, 0.6) is 5.75 Å². The summed E-state index contributed by atoms with van der Waals surface area (Å²) in [5.41, 5.74) is 6.05. The lowest BCUT2D eigenvalue weighted by molar-refractivity contribution is 0.0300. The van der Waals surface area contributed by atoms with Gasteiger partial charge in [0.2, 0.25) is 0 Å². The van der Waals surface area contributed by atoms with Gasteiger partial charge in [0.05, 0.1) is 17.4 Å². The summed E-state index contributed by atoms with van der Waals surface area (Å²) in [6, 6.07) is 4.30. The summed E-state index contributed by atoms with van der Waals surface area (Å²) >= 11 is 0. The molecule has 17 heavy (non-hydrogen) atoms. The maximum absolute atomic E-state index is 11.7. The number of hydrogen-bond acceptors (Lipinski definition) is 4. The van der Waals surface area contributed by atoms with E-state index in [1.54, 1.807) is 0 Å². The van der Waals surface area contributed by atoms with E-state index in [1.807, 2.05) is 6.92 Å². The van der Waals surface area contributed by atoms with Crippen LogP contribution in [0.1, 0.15) is 37.6 Å². The number of phenolic OH excluding ortho intramolecular Hbond substituents is 1. The number of anilines is 1. The van der Waals surface area contributed by atoms with Crippen molar-refractivity contribution in [1.29, 1.82) is 0 Å².